The topological polar surface area (TPSA) is 82.9 Å². The zero-order valence-corrected chi connectivity index (χ0v) is 17.2. The molecule has 1 aromatic carbocycles. The van der Waals surface area contributed by atoms with E-state index in [1.165, 1.54) is 6.92 Å². The second-order valence-electron chi connectivity index (χ2n) is 8.13. The molecule has 3 heterocycles. The Morgan fingerprint density at radius 1 is 1.13 bits per heavy atom. The second-order valence-corrected chi connectivity index (χ2v) is 8.13. The number of hydrogen-bond donors (Lipinski definition) is 1. The maximum atomic E-state index is 13.3. The smallest absolute Gasteiger partial charge is 0.263 e. The van der Waals surface area contributed by atoms with Crippen LogP contribution in [0.5, 0.6) is 0 Å². The Morgan fingerprint density at radius 3 is 2.57 bits per heavy atom. The fourth-order valence-corrected chi connectivity index (χ4v) is 4.35. The number of likely N-dealkylation sites (tertiary alicyclic amines) is 1. The molecule has 158 valence electrons. The van der Waals surface area contributed by atoms with Gasteiger partial charge in [-0.05, 0) is 36.0 Å². The van der Waals surface area contributed by atoms with Crippen LogP contribution in [0.2, 0.25) is 0 Å². The number of benzene rings is 1. The molecule has 0 aliphatic carbocycles. The van der Waals surface area contributed by atoms with E-state index in [9.17, 15) is 19.5 Å². The maximum absolute atomic E-state index is 13.3. The van der Waals surface area contributed by atoms with Crippen molar-refractivity contribution in [3.63, 3.8) is 0 Å². The first-order valence-electron chi connectivity index (χ1n) is 10.5. The van der Waals surface area contributed by atoms with Gasteiger partial charge in [0.25, 0.3) is 11.5 Å². The largest absolute Gasteiger partial charge is 0.391 e. The van der Waals surface area contributed by atoms with Crippen molar-refractivity contribution in [2.45, 2.75) is 45.4 Å². The van der Waals surface area contributed by atoms with Crippen molar-refractivity contribution in [2.75, 3.05) is 19.6 Å². The fraction of sp³-hybridized carbons (Fsp3) is 0.435. The number of aromatic nitrogens is 1. The SMILES string of the molecule is CC(=O)N1CCc2c(cn(CCc3ccccc3)c(=O)c2C(=O)N2CC[C@H](O)C2)C1. The van der Waals surface area contributed by atoms with Crippen LogP contribution in [0.4, 0.5) is 0 Å². The van der Waals surface area contributed by atoms with Gasteiger partial charge in [0, 0.05) is 45.8 Å². The molecule has 4 rings (SSSR count). The highest BCUT2D eigenvalue weighted by molar-refractivity contribution is 5.96. The summed E-state index contributed by atoms with van der Waals surface area (Å²) in [5, 5.41) is 9.84. The summed E-state index contributed by atoms with van der Waals surface area (Å²) in [5.41, 5.74) is 2.64. The van der Waals surface area contributed by atoms with Gasteiger partial charge in [0.2, 0.25) is 5.91 Å². The summed E-state index contributed by atoms with van der Waals surface area (Å²) in [6, 6.07) is 9.90. The number of nitrogens with zero attached hydrogens (tertiary/aromatic N) is 3. The average molecular weight is 409 g/mol. The summed E-state index contributed by atoms with van der Waals surface area (Å²) in [6.07, 6.45) is 2.96. The molecule has 30 heavy (non-hydrogen) atoms. The van der Waals surface area contributed by atoms with Crippen molar-refractivity contribution in [3.8, 4) is 0 Å². The van der Waals surface area contributed by atoms with Crippen LogP contribution in [-0.2, 0) is 30.7 Å². The molecule has 2 aliphatic rings. The molecule has 1 atom stereocenters. The zero-order chi connectivity index (χ0) is 21.3. The van der Waals surface area contributed by atoms with Gasteiger partial charge in [-0.15, -0.1) is 0 Å². The first-order valence-corrected chi connectivity index (χ1v) is 10.5. The minimum Gasteiger partial charge on any atom is -0.391 e. The molecule has 0 unspecified atom stereocenters. The summed E-state index contributed by atoms with van der Waals surface area (Å²) < 4.78 is 1.61. The molecule has 1 saturated heterocycles. The molecule has 1 N–H and O–H groups in total. The number of hydrogen-bond acceptors (Lipinski definition) is 4. The molecule has 2 amide bonds. The zero-order valence-electron chi connectivity index (χ0n) is 17.2. The lowest BCUT2D eigenvalue weighted by molar-refractivity contribution is -0.129. The number of pyridine rings is 1. The number of carbonyl (C=O) groups excluding carboxylic acids is 2. The predicted molar refractivity (Wildman–Crippen MR) is 112 cm³/mol. The third-order valence-corrected chi connectivity index (χ3v) is 6.06. The van der Waals surface area contributed by atoms with Gasteiger partial charge in [0.1, 0.15) is 5.56 Å². The molecule has 0 saturated carbocycles. The Kier molecular flexibility index (Phi) is 5.72. The number of aliphatic hydroxyl groups excluding tert-OH is 1. The van der Waals surface area contributed by atoms with Gasteiger partial charge >= 0.3 is 0 Å². The normalized spacial score (nSPS) is 18.4. The van der Waals surface area contributed by atoms with Gasteiger partial charge in [-0.25, -0.2) is 0 Å². The highest BCUT2D eigenvalue weighted by atomic mass is 16.3. The first-order chi connectivity index (χ1) is 14.4. The summed E-state index contributed by atoms with van der Waals surface area (Å²) >= 11 is 0. The highest BCUT2D eigenvalue weighted by Gasteiger charge is 2.32. The summed E-state index contributed by atoms with van der Waals surface area (Å²) in [4.78, 5) is 41.8. The fourth-order valence-electron chi connectivity index (χ4n) is 4.35. The summed E-state index contributed by atoms with van der Waals surface area (Å²) in [7, 11) is 0. The number of β-amino-alcohol motifs (C(OH)–C–C–N with tert-alkyl or cyclic N) is 1. The molecule has 7 nitrogen and oxygen atoms in total. The van der Waals surface area contributed by atoms with E-state index in [1.54, 1.807) is 14.4 Å². The number of aliphatic hydroxyl groups is 1. The van der Waals surface area contributed by atoms with Crippen LogP contribution < -0.4 is 5.56 Å². The molecule has 0 spiro atoms. The van der Waals surface area contributed by atoms with Crippen LogP contribution in [0.3, 0.4) is 0 Å². The number of fused-ring (bicyclic) bond motifs is 1. The van der Waals surface area contributed by atoms with E-state index in [4.69, 9.17) is 0 Å². The van der Waals surface area contributed by atoms with Crippen molar-refractivity contribution >= 4 is 11.8 Å². The Morgan fingerprint density at radius 2 is 1.90 bits per heavy atom. The van der Waals surface area contributed by atoms with Crippen molar-refractivity contribution < 1.29 is 14.7 Å². The number of carbonyl (C=O) groups is 2. The van der Waals surface area contributed by atoms with Crippen LogP contribution in [0, 0.1) is 0 Å². The number of amides is 2. The Balaban J connectivity index is 1.71. The molecular formula is C23H27N3O4. The Bertz CT molecular complexity index is 1020. The van der Waals surface area contributed by atoms with Crippen molar-refractivity contribution in [2.24, 2.45) is 0 Å². The van der Waals surface area contributed by atoms with Crippen LogP contribution in [0.15, 0.2) is 41.3 Å². The lowest BCUT2D eigenvalue weighted by Gasteiger charge is -2.30. The second kappa shape index (κ2) is 8.44. The Labute approximate surface area is 175 Å². The lowest BCUT2D eigenvalue weighted by atomic mass is 9.95. The molecule has 2 aromatic rings. The van der Waals surface area contributed by atoms with Gasteiger partial charge in [-0.3, -0.25) is 14.4 Å². The van der Waals surface area contributed by atoms with E-state index in [1.807, 2.05) is 36.5 Å². The van der Waals surface area contributed by atoms with E-state index in [2.05, 4.69) is 0 Å². The average Bonchev–Trinajstić information content (AvgIpc) is 3.18. The first kappa shape index (κ1) is 20.3. The van der Waals surface area contributed by atoms with E-state index in [0.717, 1.165) is 16.7 Å². The van der Waals surface area contributed by atoms with Crippen LogP contribution >= 0.6 is 0 Å². The molecule has 1 fully saturated rings. The van der Waals surface area contributed by atoms with Gasteiger partial charge in [-0.1, -0.05) is 30.3 Å². The van der Waals surface area contributed by atoms with Crippen LogP contribution in [-0.4, -0.2) is 57.0 Å². The van der Waals surface area contributed by atoms with Crippen molar-refractivity contribution in [1.82, 2.24) is 14.4 Å². The van der Waals surface area contributed by atoms with Gasteiger partial charge in [0.05, 0.1) is 6.10 Å². The quantitative estimate of drug-likeness (QED) is 0.823. The molecule has 7 heteroatoms. The monoisotopic (exact) mass is 409 g/mol. The van der Waals surface area contributed by atoms with Gasteiger partial charge in [0.15, 0.2) is 0 Å². The van der Waals surface area contributed by atoms with Gasteiger partial charge < -0.3 is 19.5 Å². The number of rotatable bonds is 4. The lowest BCUT2D eigenvalue weighted by Crippen LogP contribution is -2.42. The van der Waals surface area contributed by atoms with Crippen LogP contribution in [0.25, 0.3) is 0 Å². The molecule has 0 radical (unpaired) electrons. The van der Waals surface area contributed by atoms with Crippen molar-refractivity contribution in [3.05, 3.63) is 69.1 Å². The third-order valence-electron chi connectivity index (χ3n) is 6.06. The van der Waals surface area contributed by atoms with E-state index in [0.29, 0.717) is 45.4 Å². The minimum atomic E-state index is -0.540. The molecular weight excluding hydrogens is 382 g/mol. The molecule has 1 aromatic heterocycles. The summed E-state index contributed by atoms with van der Waals surface area (Å²) in [5.74, 6) is -0.323. The Hall–Kier alpha value is -2.93. The van der Waals surface area contributed by atoms with E-state index >= 15 is 0 Å². The highest BCUT2D eigenvalue weighted by Crippen LogP contribution is 2.23. The summed E-state index contributed by atoms with van der Waals surface area (Å²) in [6.45, 7) is 3.60. The predicted octanol–water partition coefficient (Wildman–Crippen LogP) is 1.20. The molecule has 0 bridgehead atoms. The van der Waals surface area contributed by atoms with E-state index in [-0.39, 0.29) is 29.5 Å². The third kappa shape index (κ3) is 4.03. The molecule has 2 aliphatic heterocycles. The minimum absolute atomic E-state index is 0.0155. The van der Waals surface area contributed by atoms with Gasteiger partial charge in [-0.2, -0.15) is 0 Å². The maximum Gasteiger partial charge on any atom is 0.263 e. The van der Waals surface area contributed by atoms with E-state index < -0.39 is 6.10 Å². The number of aryl methyl sites for hydroxylation is 2. The van der Waals surface area contributed by atoms with Crippen LogP contribution in [0.1, 0.15) is 40.4 Å². The van der Waals surface area contributed by atoms with Crippen molar-refractivity contribution in [1.29, 1.82) is 0 Å². The standard InChI is InChI=1S/C23H27N3O4/c1-16(27)24-12-9-20-18(13-24)14-25(10-7-17-5-3-2-4-6-17)22(29)21(20)23(30)26-11-8-19(28)15-26/h2-6,14,19,28H,7-13,15H2,1H3/t19-/m0/s1.